The first-order valence-electron chi connectivity index (χ1n) is 7.23. The maximum atomic E-state index is 11.9. The summed E-state index contributed by atoms with van der Waals surface area (Å²) in [7, 11) is 2.00. The summed E-state index contributed by atoms with van der Waals surface area (Å²) in [5.41, 5.74) is 1.57. The lowest BCUT2D eigenvalue weighted by atomic mass is 10.1. The predicted molar refractivity (Wildman–Crippen MR) is 78.9 cm³/mol. The molecule has 2 aromatic rings. The monoisotopic (exact) mass is 275 g/mol. The van der Waals surface area contributed by atoms with E-state index in [0.717, 1.165) is 37.6 Å². The van der Waals surface area contributed by atoms with Crippen LogP contribution in [0.2, 0.25) is 0 Å². The zero-order chi connectivity index (χ0) is 13.9. The van der Waals surface area contributed by atoms with Gasteiger partial charge in [-0.1, -0.05) is 12.1 Å². The summed E-state index contributed by atoms with van der Waals surface area (Å²) in [5, 5.41) is 3.24. The molecule has 1 aromatic heterocycles. The highest BCUT2D eigenvalue weighted by Gasteiger charge is 2.21. The fraction of sp³-hybridized carbons (Fsp3) is 0.533. The summed E-state index contributed by atoms with van der Waals surface area (Å²) >= 11 is 0. The Bertz CT molecular complexity index is 631. The Labute approximate surface area is 118 Å². The zero-order valence-corrected chi connectivity index (χ0v) is 11.8. The van der Waals surface area contributed by atoms with E-state index in [4.69, 9.17) is 4.42 Å². The standard InChI is InChI=1S/C15H21N3O2/c1-16-10-12-6-7-17(11-12)8-9-18-13-4-2-3-5-14(13)20-15(18)19/h2-5,12,16H,6-11H2,1H3. The van der Waals surface area contributed by atoms with Crippen LogP contribution in [-0.4, -0.2) is 42.7 Å². The van der Waals surface area contributed by atoms with Gasteiger partial charge in [0.25, 0.3) is 0 Å². The van der Waals surface area contributed by atoms with Crippen LogP contribution < -0.4 is 11.1 Å². The molecule has 0 radical (unpaired) electrons. The molecule has 0 saturated carbocycles. The highest BCUT2D eigenvalue weighted by atomic mass is 16.4. The first-order chi connectivity index (χ1) is 9.78. The van der Waals surface area contributed by atoms with Crippen LogP contribution >= 0.6 is 0 Å². The van der Waals surface area contributed by atoms with E-state index in [2.05, 4.69) is 10.2 Å². The smallest absolute Gasteiger partial charge is 0.408 e. The molecule has 0 bridgehead atoms. The number of aromatic nitrogens is 1. The maximum absolute atomic E-state index is 11.9. The van der Waals surface area contributed by atoms with Crippen molar-refractivity contribution in [3.05, 3.63) is 34.8 Å². The van der Waals surface area contributed by atoms with Crippen LogP contribution in [0, 0.1) is 5.92 Å². The average molecular weight is 275 g/mol. The van der Waals surface area contributed by atoms with E-state index in [1.165, 1.54) is 6.42 Å². The Morgan fingerprint density at radius 2 is 2.20 bits per heavy atom. The number of nitrogens with one attached hydrogen (secondary N) is 1. The van der Waals surface area contributed by atoms with Crippen molar-refractivity contribution >= 4 is 11.1 Å². The summed E-state index contributed by atoms with van der Waals surface area (Å²) in [6.45, 7) is 4.92. The lowest BCUT2D eigenvalue weighted by molar-refractivity contribution is 0.305. The largest absolute Gasteiger partial charge is 0.419 e. The van der Waals surface area contributed by atoms with E-state index in [-0.39, 0.29) is 5.76 Å². The molecule has 1 saturated heterocycles. The number of fused-ring (bicyclic) bond motifs is 1. The molecule has 1 atom stereocenters. The molecule has 108 valence electrons. The topological polar surface area (TPSA) is 50.4 Å². The molecule has 1 fully saturated rings. The predicted octanol–water partition coefficient (Wildman–Crippen LogP) is 1.14. The second-order valence-corrected chi connectivity index (χ2v) is 5.50. The summed E-state index contributed by atoms with van der Waals surface area (Å²) in [6.07, 6.45) is 1.24. The molecule has 1 N–H and O–H groups in total. The number of nitrogens with zero attached hydrogens (tertiary/aromatic N) is 2. The fourth-order valence-electron chi connectivity index (χ4n) is 3.04. The summed E-state index contributed by atoms with van der Waals surface area (Å²) in [6, 6.07) is 7.60. The number of hydrogen-bond acceptors (Lipinski definition) is 4. The Morgan fingerprint density at radius 1 is 1.35 bits per heavy atom. The molecule has 20 heavy (non-hydrogen) atoms. The summed E-state index contributed by atoms with van der Waals surface area (Å²) in [4.78, 5) is 14.3. The minimum absolute atomic E-state index is 0.253. The van der Waals surface area contributed by atoms with Gasteiger partial charge in [-0.25, -0.2) is 4.79 Å². The first kappa shape index (κ1) is 13.4. The van der Waals surface area contributed by atoms with Gasteiger partial charge in [0.2, 0.25) is 0 Å². The van der Waals surface area contributed by atoms with Crippen LogP contribution in [0.25, 0.3) is 11.1 Å². The number of hydrogen-bond donors (Lipinski definition) is 1. The van der Waals surface area contributed by atoms with E-state index in [1.807, 2.05) is 31.3 Å². The summed E-state index contributed by atoms with van der Waals surface area (Å²) in [5.74, 6) is 0.481. The fourth-order valence-corrected chi connectivity index (χ4v) is 3.04. The van der Waals surface area contributed by atoms with Crippen molar-refractivity contribution in [2.45, 2.75) is 13.0 Å². The highest BCUT2D eigenvalue weighted by molar-refractivity contribution is 5.72. The van der Waals surface area contributed by atoms with Crippen LogP contribution in [-0.2, 0) is 6.54 Å². The number of rotatable bonds is 5. The Hall–Kier alpha value is -1.59. The number of benzene rings is 1. The SMILES string of the molecule is CNCC1CCN(CCn2c(=O)oc3ccccc32)C1. The Kier molecular flexibility index (Phi) is 3.89. The second kappa shape index (κ2) is 5.81. The van der Waals surface area contributed by atoms with Crippen LogP contribution in [0.5, 0.6) is 0 Å². The third-order valence-electron chi connectivity index (χ3n) is 4.08. The van der Waals surface area contributed by atoms with Gasteiger partial charge in [0, 0.05) is 19.6 Å². The quantitative estimate of drug-likeness (QED) is 0.889. The van der Waals surface area contributed by atoms with Gasteiger partial charge < -0.3 is 14.6 Å². The van der Waals surface area contributed by atoms with Gasteiger partial charge in [0.15, 0.2) is 5.58 Å². The minimum Gasteiger partial charge on any atom is -0.408 e. The van der Waals surface area contributed by atoms with Gasteiger partial charge in [-0.05, 0) is 44.6 Å². The van der Waals surface area contributed by atoms with Gasteiger partial charge in [0.05, 0.1) is 5.52 Å². The maximum Gasteiger partial charge on any atom is 0.419 e. The van der Waals surface area contributed by atoms with Gasteiger partial charge in [-0.2, -0.15) is 0 Å². The molecule has 1 aliphatic rings. The van der Waals surface area contributed by atoms with Crippen molar-refractivity contribution in [2.75, 3.05) is 33.2 Å². The van der Waals surface area contributed by atoms with Crippen molar-refractivity contribution in [3.8, 4) is 0 Å². The van der Waals surface area contributed by atoms with Crippen LogP contribution in [0.4, 0.5) is 0 Å². The normalized spacial score (nSPS) is 19.9. The average Bonchev–Trinajstić information content (AvgIpc) is 3.01. The number of oxazole rings is 1. The number of likely N-dealkylation sites (tertiary alicyclic amines) is 1. The third-order valence-corrected chi connectivity index (χ3v) is 4.08. The van der Waals surface area contributed by atoms with Crippen molar-refractivity contribution in [1.29, 1.82) is 0 Å². The van der Waals surface area contributed by atoms with Crippen molar-refractivity contribution in [3.63, 3.8) is 0 Å². The third kappa shape index (κ3) is 2.64. The van der Waals surface area contributed by atoms with Crippen LogP contribution in [0.15, 0.2) is 33.5 Å². The van der Waals surface area contributed by atoms with E-state index in [9.17, 15) is 4.79 Å². The molecular formula is C15H21N3O2. The van der Waals surface area contributed by atoms with Gasteiger partial charge in [-0.3, -0.25) is 4.57 Å². The molecule has 2 heterocycles. The first-order valence-corrected chi connectivity index (χ1v) is 7.23. The lowest BCUT2D eigenvalue weighted by Gasteiger charge is -2.15. The molecule has 0 aliphatic carbocycles. The molecule has 0 spiro atoms. The molecule has 1 aliphatic heterocycles. The van der Waals surface area contributed by atoms with Gasteiger partial charge in [-0.15, -0.1) is 0 Å². The molecule has 1 aromatic carbocycles. The Morgan fingerprint density at radius 3 is 3.05 bits per heavy atom. The second-order valence-electron chi connectivity index (χ2n) is 5.50. The molecular weight excluding hydrogens is 254 g/mol. The van der Waals surface area contributed by atoms with E-state index < -0.39 is 0 Å². The van der Waals surface area contributed by atoms with Crippen molar-refractivity contribution in [1.82, 2.24) is 14.8 Å². The zero-order valence-electron chi connectivity index (χ0n) is 11.8. The molecule has 5 nitrogen and oxygen atoms in total. The van der Waals surface area contributed by atoms with Crippen molar-refractivity contribution in [2.24, 2.45) is 5.92 Å². The van der Waals surface area contributed by atoms with E-state index >= 15 is 0 Å². The summed E-state index contributed by atoms with van der Waals surface area (Å²) < 4.78 is 6.99. The van der Waals surface area contributed by atoms with Crippen LogP contribution in [0.3, 0.4) is 0 Å². The Balaban J connectivity index is 1.66. The van der Waals surface area contributed by atoms with E-state index in [0.29, 0.717) is 12.1 Å². The van der Waals surface area contributed by atoms with E-state index in [1.54, 1.807) is 4.57 Å². The molecule has 1 unspecified atom stereocenters. The molecule has 5 heteroatoms. The van der Waals surface area contributed by atoms with Gasteiger partial charge >= 0.3 is 5.76 Å². The van der Waals surface area contributed by atoms with Crippen molar-refractivity contribution < 1.29 is 4.42 Å². The minimum atomic E-state index is -0.253. The highest BCUT2D eigenvalue weighted by Crippen LogP contribution is 2.16. The van der Waals surface area contributed by atoms with Crippen LogP contribution in [0.1, 0.15) is 6.42 Å². The molecule has 0 amide bonds. The number of para-hydroxylation sites is 2. The van der Waals surface area contributed by atoms with Gasteiger partial charge in [0.1, 0.15) is 0 Å². The molecule has 3 rings (SSSR count). The lowest BCUT2D eigenvalue weighted by Crippen LogP contribution is -2.29.